The first-order valence-electron chi connectivity index (χ1n) is 10.1. The summed E-state index contributed by atoms with van der Waals surface area (Å²) in [5.74, 6) is -0.771. The van der Waals surface area contributed by atoms with E-state index in [0.717, 1.165) is 49.8 Å². The maximum absolute atomic E-state index is 10.9. The van der Waals surface area contributed by atoms with Crippen molar-refractivity contribution < 1.29 is 25.2 Å². The summed E-state index contributed by atoms with van der Waals surface area (Å²) < 4.78 is 0. The summed E-state index contributed by atoms with van der Waals surface area (Å²) in [5, 5.41) is 41.2. The van der Waals surface area contributed by atoms with Crippen molar-refractivity contribution in [1.82, 2.24) is 5.32 Å². The number of aryl methyl sites for hydroxylation is 1. The maximum Gasteiger partial charge on any atom is 0.307 e. The van der Waals surface area contributed by atoms with E-state index >= 15 is 0 Å². The summed E-state index contributed by atoms with van der Waals surface area (Å²) in [5.41, 5.74) is 3.09. The Morgan fingerprint density at radius 1 is 0.966 bits per heavy atom. The second-order valence-corrected chi connectivity index (χ2v) is 7.27. The Hall–Kier alpha value is -2.41. The van der Waals surface area contributed by atoms with Gasteiger partial charge in [-0.1, -0.05) is 43.2 Å². The zero-order chi connectivity index (χ0) is 21.1. The van der Waals surface area contributed by atoms with E-state index in [0.29, 0.717) is 17.7 Å². The minimum atomic E-state index is -0.800. The molecule has 0 fully saturated rings. The van der Waals surface area contributed by atoms with Crippen molar-refractivity contribution in [3.63, 3.8) is 0 Å². The van der Waals surface area contributed by atoms with Crippen molar-refractivity contribution in [2.75, 3.05) is 13.1 Å². The van der Waals surface area contributed by atoms with Crippen molar-refractivity contribution >= 4 is 5.97 Å². The first kappa shape index (κ1) is 22.9. The Labute approximate surface area is 171 Å². The van der Waals surface area contributed by atoms with Crippen LogP contribution in [0.15, 0.2) is 42.5 Å². The highest BCUT2D eigenvalue weighted by Crippen LogP contribution is 2.22. The number of unbranched alkanes of at least 4 members (excludes halogenated alkanes) is 3. The Morgan fingerprint density at radius 3 is 2.41 bits per heavy atom. The number of carbonyl (C=O) groups is 1. The molecule has 0 heterocycles. The van der Waals surface area contributed by atoms with Gasteiger partial charge in [0.25, 0.3) is 0 Å². The van der Waals surface area contributed by atoms with Gasteiger partial charge in [-0.2, -0.15) is 0 Å². The molecule has 0 spiro atoms. The number of aromatic hydroxyl groups is 1. The van der Waals surface area contributed by atoms with Crippen LogP contribution in [0.25, 0.3) is 0 Å². The van der Waals surface area contributed by atoms with E-state index in [2.05, 4.69) is 5.32 Å². The van der Waals surface area contributed by atoms with Gasteiger partial charge in [0.05, 0.1) is 19.1 Å². The Morgan fingerprint density at radius 2 is 1.69 bits per heavy atom. The lowest BCUT2D eigenvalue weighted by atomic mass is 9.99. The van der Waals surface area contributed by atoms with Crippen LogP contribution in [0.5, 0.6) is 5.75 Å². The average Bonchev–Trinajstić information content (AvgIpc) is 2.70. The minimum absolute atomic E-state index is 0.0296. The second kappa shape index (κ2) is 12.2. The highest BCUT2D eigenvalue weighted by Gasteiger charge is 2.10. The largest absolute Gasteiger partial charge is 0.508 e. The third kappa shape index (κ3) is 7.85. The van der Waals surface area contributed by atoms with Gasteiger partial charge >= 0.3 is 5.97 Å². The first-order valence-corrected chi connectivity index (χ1v) is 10.1. The number of carboxylic acids is 1. The van der Waals surface area contributed by atoms with Crippen LogP contribution in [-0.4, -0.2) is 39.5 Å². The molecule has 6 nitrogen and oxygen atoms in total. The molecular formula is C23H31NO5. The van der Waals surface area contributed by atoms with Crippen molar-refractivity contribution in [2.24, 2.45) is 0 Å². The highest BCUT2D eigenvalue weighted by atomic mass is 16.4. The Balaban J connectivity index is 1.60. The molecule has 2 rings (SSSR count). The molecule has 0 bridgehead atoms. The summed E-state index contributed by atoms with van der Waals surface area (Å²) in [6.07, 6.45) is 4.44. The number of hydrogen-bond donors (Lipinski definition) is 5. The van der Waals surface area contributed by atoms with Crippen LogP contribution in [0.4, 0.5) is 0 Å². The fraction of sp³-hybridized carbons (Fsp3) is 0.435. The number of aliphatic carboxylic acids is 1. The molecule has 2 aromatic rings. The molecule has 5 N–H and O–H groups in total. The molecule has 0 radical (unpaired) electrons. The number of aliphatic hydroxyl groups excluding tert-OH is 2. The summed E-state index contributed by atoms with van der Waals surface area (Å²) in [6.45, 7) is 0.955. The van der Waals surface area contributed by atoms with Gasteiger partial charge < -0.3 is 25.7 Å². The minimum Gasteiger partial charge on any atom is -0.508 e. The zero-order valence-corrected chi connectivity index (χ0v) is 16.7. The van der Waals surface area contributed by atoms with E-state index in [9.17, 15) is 20.1 Å². The van der Waals surface area contributed by atoms with Gasteiger partial charge in [0.2, 0.25) is 0 Å². The fourth-order valence-electron chi connectivity index (χ4n) is 3.35. The van der Waals surface area contributed by atoms with Crippen LogP contribution < -0.4 is 5.32 Å². The van der Waals surface area contributed by atoms with Crippen LogP contribution in [0, 0.1) is 0 Å². The van der Waals surface area contributed by atoms with Gasteiger partial charge in [-0.15, -0.1) is 0 Å². The molecule has 0 aliphatic rings. The maximum atomic E-state index is 10.9. The third-order valence-corrected chi connectivity index (χ3v) is 5.01. The molecule has 0 saturated heterocycles. The lowest BCUT2D eigenvalue weighted by molar-refractivity contribution is -0.136. The lowest BCUT2D eigenvalue weighted by Crippen LogP contribution is -2.22. The molecule has 158 valence electrons. The van der Waals surface area contributed by atoms with Crippen molar-refractivity contribution in [3.05, 3.63) is 64.7 Å². The van der Waals surface area contributed by atoms with Crippen molar-refractivity contribution in [3.8, 4) is 5.75 Å². The molecule has 1 unspecified atom stereocenters. The molecule has 0 saturated carbocycles. The molecular weight excluding hydrogens is 370 g/mol. The standard InChI is InChI=1S/C23H31NO5/c25-16-20-13-19(10-11-21(20)26)22(27)15-24-12-6-2-1-3-7-17-8-4-5-9-18(17)14-23(28)29/h4-5,8-11,13,22,24-27H,1-3,6-7,12,14-16H2,(H,28,29). The van der Waals surface area contributed by atoms with Gasteiger partial charge in [-0.05, 0) is 54.6 Å². The number of hydrogen-bond acceptors (Lipinski definition) is 5. The smallest absolute Gasteiger partial charge is 0.307 e. The summed E-state index contributed by atoms with van der Waals surface area (Å²) in [7, 11) is 0. The van der Waals surface area contributed by atoms with Crippen LogP contribution in [0.3, 0.4) is 0 Å². The van der Waals surface area contributed by atoms with E-state index in [1.807, 2.05) is 24.3 Å². The monoisotopic (exact) mass is 401 g/mol. The zero-order valence-electron chi connectivity index (χ0n) is 16.7. The number of phenols is 1. The van der Waals surface area contributed by atoms with Crippen LogP contribution in [-0.2, 0) is 24.2 Å². The normalized spacial score (nSPS) is 12.1. The number of carboxylic acid groups (broad SMARTS) is 1. The van der Waals surface area contributed by atoms with Crippen LogP contribution in [0.1, 0.15) is 54.0 Å². The number of nitrogens with one attached hydrogen (secondary N) is 1. The average molecular weight is 402 g/mol. The number of benzene rings is 2. The number of aliphatic hydroxyl groups is 2. The van der Waals surface area contributed by atoms with Gasteiger partial charge in [-0.3, -0.25) is 4.79 Å². The third-order valence-electron chi connectivity index (χ3n) is 5.01. The SMILES string of the molecule is O=C(O)Cc1ccccc1CCCCCCNCC(O)c1ccc(O)c(CO)c1. The quantitative estimate of drug-likeness (QED) is 0.330. The molecule has 0 aliphatic heterocycles. The molecule has 0 aromatic heterocycles. The van der Waals surface area contributed by atoms with E-state index in [-0.39, 0.29) is 18.8 Å². The molecule has 2 aromatic carbocycles. The van der Waals surface area contributed by atoms with Crippen molar-refractivity contribution in [1.29, 1.82) is 0 Å². The Kier molecular flexibility index (Phi) is 9.64. The number of rotatable bonds is 13. The van der Waals surface area contributed by atoms with Crippen molar-refractivity contribution in [2.45, 2.75) is 51.2 Å². The summed E-state index contributed by atoms with van der Waals surface area (Å²) in [6, 6.07) is 12.5. The van der Waals surface area contributed by atoms with Gasteiger partial charge in [0.15, 0.2) is 0 Å². The van der Waals surface area contributed by atoms with Gasteiger partial charge in [-0.25, -0.2) is 0 Å². The predicted molar refractivity (Wildman–Crippen MR) is 112 cm³/mol. The van der Waals surface area contributed by atoms with E-state index < -0.39 is 12.1 Å². The molecule has 0 aliphatic carbocycles. The highest BCUT2D eigenvalue weighted by molar-refractivity contribution is 5.70. The van der Waals surface area contributed by atoms with E-state index in [1.165, 1.54) is 6.07 Å². The summed E-state index contributed by atoms with van der Waals surface area (Å²) in [4.78, 5) is 10.9. The van der Waals surface area contributed by atoms with Crippen LogP contribution >= 0.6 is 0 Å². The molecule has 29 heavy (non-hydrogen) atoms. The topological polar surface area (TPSA) is 110 Å². The van der Waals surface area contributed by atoms with Crippen LogP contribution in [0.2, 0.25) is 0 Å². The fourth-order valence-corrected chi connectivity index (χ4v) is 3.35. The molecule has 1 atom stereocenters. The van der Waals surface area contributed by atoms with Gasteiger partial charge in [0, 0.05) is 12.1 Å². The summed E-state index contributed by atoms with van der Waals surface area (Å²) >= 11 is 0. The van der Waals surface area contributed by atoms with Gasteiger partial charge in [0.1, 0.15) is 5.75 Å². The second-order valence-electron chi connectivity index (χ2n) is 7.27. The first-order chi connectivity index (χ1) is 14.0. The molecule has 0 amide bonds. The predicted octanol–water partition coefficient (Wildman–Crippen LogP) is 2.94. The molecule has 6 heteroatoms. The van der Waals surface area contributed by atoms with E-state index in [1.54, 1.807) is 12.1 Å². The Bertz CT molecular complexity index is 778. The van der Waals surface area contributed by atoms with E-state index in [4.69, 9.17) is 5.11 Å². The lowest BCUT2D eigenvalue weighted by Gasteiger charge is -2.14.